The van der Waals surface area contributed by atoms with Crippen molar-refractivity contribution in [3.8, 4) is 5.75 Å². The van der Waals surface area contributed by atoms with Crippen molar-refractivity contribution in [1.82, 2.24) is 9.99 Å². The van der Waals surface area contributed by atoms with Gasteiger partial charge in [-0.25, -0.2) is 0 Å². The molecule has 1 saturated heterocycles. The molecule has 1 aliphatic heterocycles. The van der Waals surface area contributed by atoms with E-state index in [1.807, 2.05) is 42.6 Å². The number of aromatic nitrogens is 1. The van der Waals surface area contributed by atoms with Crippen LogP contribution < -0.4 is 9.64 Å². The molecule has 2 heterocycles. The number of pyridine rings is 1. The van der Waals surface area contributed by atoms with E-state index in [4.69, 9.17) is 4.74 Å². The number of hydrogen-bond donors (Lipinski definition) is 0. The van der Waals surface area contributed by atoms with Gasteiger partial charge in [0.05, 0.1) is 37.8 Å². The summed E-state index contributed by atoms with van der Waals surface area (Å²) in [5, 5.41) is 6.60. The maximum absolute atomic E-state index is 5.44. The molecular weight excluding hydrogens is 312 g/mol. The minimum Gasteiger partial charge on any atom is -0.495 e. The van der Waals surface area contributed by atoms with Gasteiger partial charge >= 0.3 is 0 Å². The van der Waals surface area contributed by atoms with Crippen LogP contribution in [0.4, 0.5) is 5.69 Å². The van der Waals surface area contributed by atoms with Crippen LogP contribution in [0.1, 0.15) is 5.69 Å². The van der Waals surface area contributed by atoms with Crippen molar-refractivity contribution in [2.24, 2.45) is 5.10 Å². The molecule has 0 spiro atoms. The van der Waals surface area contributed by atoms with Gasteiger partial charge in [0.1, 0.15) is 5.75 Å². The molecule has 0 N–H and O–H groups in total. The van der Waals surface area contributed by atoms with Crippen molar-refractivity contribution < 1.29 is 4.74 Å². The highest BCUT2D eigenvalue weighted by atomic mass is 35.5. The van der Waals surface area contributed by atoms with Crippen LogP contribution in [0.3, 0.4) is 0 Å². The Labute approximate surface area is 143 Å². The third-order valence-electron chi connectivity index (χ3n) is 3.72. The number of halogens is 1. The molecule has 1 fully saturated rings. The van der Waals surface area contributed by atoms with Crippen LogP contribution in [0.15, 0.2) is 53.8 Å². The Morgan fingerprint density at radius 2 is 1.78 bits per heavy atom. The van der Waals surface area contributed by atoms with Crippen molar-refractivity contribution >= 4 is 24.3 Å². The number of rotatable bonds is 4. The Balaban J connectivity index is 0.00000192. The van der Waals surface area contributed by atoms with Gasteiger partial charge in [0, 0.05) is 19.3 Å². The first-order valence-electron chi connectivity index (χ1n) is 7.45. The van der Waals surface area contributed by atoms with E-state index in [1.54, 1.807) is 13.3 Å². The van der Waals surface area contributed by atoms with Gasteiger partial charge in [-0.1, -0.05) is 18.2 Å². The smallest absolute Gasteiger partial charge is 0.142 e. The van der Waals surface area contributed by atoms with E-state index in [9.17, 15) is 0 Å². The average Bonchev–Trinajstić information content (AvgIpc) is 2.61. The molecule has 3 rings (SSSR count). The number of nitrogens with zero attached hydrogens (tertiary/aromatic N) is 4. The maximum atomic E-state index is 5.44. The fourth-order valence-corrected chi connectivity index (χ4v) is 2.54. The summed E-state index contributed by atoms with van der Waals surface area (Å²) in [6, 6.07) is 14.0. The molecule has 0 aliphatic carbocycles. The SMILES string of the molecule is COc1ccccc1N1CCN(/N=C\c2ccccn2)CC1.Cl. The molecule has 1 aromatic carbocycles. The molecule has 1 aromatic heterocycles. The monoisotopic (exact) mass is 332 g/mol. The summed E-state index contributed by atoms with van der Waals surface area (Å²) in [5.41, 5.74) is 2.04. The van der Waals surface area contributed by atoms with Gasteiger partial charge in [0.25, 0.3) is 0 Å². The van der Waals surface area contributed by atoms with E-state index in [-0.39, 0.29) is 12.4 Å². The first kappa shape index (κ1) is 17.1. The number of hydrogen-bond acceptors (Lipinski definition) is 5. The van der Waals surface area contributed by atoms with Gasteiger partial charge in [-0.3, -0.25) is 9.99 Å². The zero-order valence-corrected chi connectivity index (χ0v) is 13.9. The van der Waals surface area contributed by atoms with Gasteiger partial charge in [0.15, 0.2) is 0 Å². The summed E-state index contributed by atoms with van der Waals surface area (Å²) in [7, 11) is 1.71. The second kappa shape index (κ2) is 8.39. The molecule has 23 heavy (non-hydrogen) atoms. The van der Waals surface area contributed by atoms with Crippen molar-refractivity contribution in [2.45, 2.75) is 0 Å². The minimum absolute atomic E-state index is 0. The highest BCUT2D eigenvalue weighted by Crippen LogP contribution is 2.28. The molecule has 0 bridgehead atoms. The fourth-order valence-electron chi connectivity index (χ4n) is 2.54. The zero-order valence-electron chi connectivity index (χ0n) is 13.1. The standard InChI is InChI=1S/C17H20N4O.ClH/c1-22-17-8-3-2-7-16(17)20-10-12-21(13-11-20)19-14-15-6-4-5-9-18-15;/h2-9,14H,10-13H2,1H3;1H/b19-14-;. The number of anilines is 1. The molecule has 0 atom stereocenters. The fraction of sp³-hybridized carbons (Fsp3) is 0.294. The van der Waals surface area contributed by atoms with E-state index < -0.39 is 0 Å². The van der Waals surface area contributed by atoms with Crippen LogP contribution in [0.25, 0.3) is 0 Å². The lowest BCUT2D eigenvalue weighted by molar-refractivity contribution is 0.271. The number of ether oxygens (including phenoxy) is 1. The van der Waals surface area contributed by atoms with Crippen molar-refractivity contribution in [3.63, 3.8) is 0 Å². The third-order valence-corrected chi connectivity index (χ3v) is 3.72. The molecule has 0 radical (unpaired) electrons. The van der Waals surface area contributed by atoms with Crippen molar-refractivity contribution in [2.75, 3.05) is 38.2 Å². The predicted octanol–water partition coefficient (Wildman–Crippen LogP) is 2.67. The largest absolute Gasteiger partial charge is 0.495 e. The number of benzene rings is 1. The summed E-state index contributed by atoms with van der Waals surface area (Å²) >= 11 is 0. The topological polar surface area (TPSA) is 41.0 Å². The lowest BCUT2D eigenvalue weighted by Crippen LogP contribution is -2.44. The Morgan fingerprint density at radius 1 is 1.04 bits per heavy atom. The normalized spacial score (nSPS) is 14.7. The molecule has 122 valence electrons. The Morgan fingerprint density at radius 3 is 2.48 bits per heavy atom. The molecule has 0 saturated carbocycles. The lowest BCUT2D eigenvalue weighted by atomic mass is 10.2. The predicted molar refractivity (Wildman–Crippen MR) is 95.9 cm³/mol. The summed E-state index contributed by atoms with van der Waals surface area (Å²) in [5.74, 6) is 0.924. The number of piperazine rings is 1. The van der Waals surface area contributed by atoms with Gasteiger partial charge in [-0.15, -0.1) is 12.4 Å². The third kappa shape index (κ3) is 4.36. The molecule has 6 heteroatoms. The maximum Gasteiger partial charge on any atom is 0.142 e. The van der Waals surface area contributed by atoms with Gasteiger partial charge in [-0.05, 0) is 24.3 Å². The second-order valence-corrected chi connectivity index (χ2v) is 5.11. The van der Waals surface area contributed by atoms with E-state index in [1.165, 1.54) is 0 Å². The summed E-state index contributed by atoms with van der Waals surface area (Å²) < 4.78 is 5.44. The van der Waals surface area contributed by atoms with E-state index in [2.05, 4.69) is 26.1 Å². The highest BCUT2D eigenvalue weighted by molar-refractivity contribution is 5.85. The number of methoxy groups -OCH3 is 1. The van der Waals surface area contributed by atoms with Crippen LogP contribution in [-0.2, 0) is 0 Å². The van der Waals surface area contributed by atoms with Crippen LogP contribution in [-0.4, -0.2) is 49.5 Å². The quantitative estimate of drug-likeness (QED) is 0.807. The van der Waals surface area contributed by atoms with Gasteiger partial charge in [0.2, 0.25) is 0 Å². The second-order valence-electron chi connectivity index (χ2n) is 5.11. The Bertz CT molecular complexity index is 628. The molecule has 5 nitrogen and oxygen atoms in total. The number of para-hydroxylation sites is 2. The summed E-state index contributed by atoms with van der Waals surface area (Å²) in [4.78, 5) is 6.58. The lowest BCUT2D eigenvalue weighted by Gasteiger charge is -2.35. The Kier molecular flexibility index (Phi) is 6.23. The van der Waals surface area contributed by atoms with Crippen LogP contribution in [0.2, 0.25) is 0 Å². The minimum atomic E-state index is 0. The van der Waals surface area contributed by atoms with Crippen LogP contribution >= 0.6 is 12.4 Å². The van der Waals surface area contributed by atoms with Crippen molar-refractivity contribution in [1.29, 1.82) is 0 Å². The Hall–Kier alpha value is -2.27. The van der Waals surface area contributed by atoms with E-state index >= 15 is 0 Å². The molecule has 2 aromatic rings. The molecular formula is C17H21ClN4O. The van der Waals surface area contributed by atoms with Gasteiger partial charge in [-0.2, -0.15) is 5.10 Å². The molecule has 0 amide bonds. The number of hydrazone groups is 1. The summed E-state index contributed by atoms with van der Waals surface area (Å²) in [6.07, 6.45) is 3.60. The average molecular weight is 333 g/mol. The highest BCUT2D eigenvalue weighted by Gasteiger charge is 2.18. The molecule has 1 aliphatic rings. The zero-order chi connectivity index (χ0) is 15.2. The van der Waals surface area contributed by atoms with Crippen LogP contribution in [0.5, 0.6) is 5.75 Å². The van der Waals surface area contributed by atoms with E-state index in [0.29, 0.717) is 0 Å². The van der Waals surface area contributed by atoms with Gasteiger partial charge < -0.3 is 9.64 Å². The van der Waals surface area contributed by atoms with Crippen molar-refractivity contribution in [3.05, 3.63) is 54.4 Å². The first-order chi connectivity index (χ1) is 10.9. The van der Waals surface area contributed by atoms with E-state index in [0.717, 1.165) is 43.3 Å². The first-order valence-corrected chi connectivity index (χ1v) is 7.45. The molecule has 0 unspecified atom stereocenters. The van der Waals surface area contributed by atoms with Crippen LogP contribution in [0, 0.1) is 0 Å². The summed E-state index contributed by atoms with van der Waals surface area (Å²) in [6.45, 7) is 3.64.